The van der Waals surface area contributed by atoms with Crippen molar-refractivity contribution in [2.75, 3.05) is 5.32 Å². The summed E-state index contributed by atoms with van der Waals surface area (Å²) in [5.74, 6) is -0.292. The second-order valence-corrected chi connectivity index (χ2v) is 7.03. The van der Waals surface area contributed by atoms with Gasteiger partial charge in [0.05, 0.1) is 17.1 Å². The van der Waals surface area contributed by atoms with Crippen molar-refractivity contribution >= 4 is 22.9 Å². The third-order valence-corrected chi connectivity index (χ3v) is 5.43. The lowest BCUT2D eigenvalue weighted by atomic mass is 10.3. The van der Waals surface area contributed by atoms with Crippen molar-refractivity contribution in [2.45, 2.75) is 6.92 Å². The van der Waals surface area contributed by atoms with E-state index in [0.29, 0.717) is 16.3 Å². The number of para-hydroxylation sites is 1. The van der Waals surface area contributed by atoms with Crippen LogP contribution in [0.2, 0.25) is 0 Å². The molecule has 0 aliphatic rings. The molecule has 0 atom stereocenters. The van der Waals surface area contributed by atoms with E-state index >= 15 is 0 Å². The van der Waals surface area contributed by atoms with E-state index in [4.69, 9.17) is 0 Å². The molecule has 0 bridgehead atoms. The van der Waals surface area contributed by atoms with Gasteiger partial charge in [-0.1, -0.05) is 18.2 Å². The van der Waals surface area contributed by atoms with Crippen molar-refractivity contribution < 1.29 is 4.79 Å². The van der Waals surface area contributed by atoms with Gasteiger partial charge in [-0.2, -0.15) is 0 Å². The minimum Gasteiger partial charge on any atom is -0.322 e. The van der Waals surface area contributed by atoms with Crippen molar-refractivity contribution in [1.29, 1.82) is 0 Å². The maximum atomic E-state index is 13.0. The summed E-state index contributed by atoms with van der Waals surface area (Å²) >= 11 is 1.35. The molecule has 6 nitrogen and oxygen atoms in total. The Bertz CT molecular complexity index is 1150. The van der Waals surface area contributed by atoms with Gasteiger partial charge in [0.25, 0.3) is 11.5 Å². The van der Waals surface area contributed by atoms with Crippen LogP contribution >= 0.6 is 11.3 Å². The van der Waals surface area contributed by atoms with Crippen LogP contribution in [0.1, 0.15) is 15.4 Å². The summed E-state index contributed by atoms with van der Waals surface area (Å²) in [5.41, 5.74) is 2.26. The van der Waals surface area contributed by atoms with Crippen molar-refractivity contribution in [3.63, 3.8) is 0 Å². The Balaban J connectivity index is 1.72. The number of nitrogens with one attached hydrogen (secondary N) is 1. The van der Waals surface area contributed by atoms with Crippen molar-refractivity contribution in [2.24, 2.45) is 7.05 Å². The van der Waals surface area contributed by atoms with Gasteiger partial charge < -0.3 is 9.88 Å². The lowest BCUT2D eigenvalue weighted by molar-refractivity contribution is 0.103. The lowest BCUT2D eigenvalue weighted by Crippen LogP contribution is -2.23. The summed E-state index contributed by atoms with van der Waals surface area (Å²) in [6.07, 6.45) is 3.77. The zero-order valence-corrected chi connectivity index (χ0v) is 15.7. The highest BCUT2D eigenvalue weighted by Crippen LogP contribution is 2.23. The largest absolute Gasteiger partial charge is 0.322 e. The number of amides is 1. The van der Waals surface area contributed by atoms with Crippen LogP contribution in [0, 0.1) is 6.92 Å². The van der Waals surface area contributed by atoms with E-state index in [1.807, 2.05) is 77.8 Å². The van der Waals surface area contributed by atoms with E-state index in [-0.39, 0.29) is 11.5 Å². The van der Waals surface area contributed by atoms with Crippen molar-refractivity contribution in [3.05, 3.63) is 87.2 Å². The van der Waals surface area contributed by atoms with Gasteiger partial charge in [0, 0.05) is 19.4 Å². The molecule has 1 aromatic carbocycles. The topological polar surface area (TPSA) is 61.0 Å². The van der Waals surface area contributed by atoms with Crippen LogP contribution in [-0.4, -0.2) is 19.8 Å². The SMILES string of the molecule is Cc1c(NC(=O)c2sccc2-n2cccc2)c(=O)n(-c2ccccc2)n1C. The zero-order chi connectivity index (χ0) is 19.0. The molecule has 136 valence electrons. The number of aromatic nitrogens is 3. The van der Waals surface area contributed by atoms with Crippen molar-refractivity contribution in [1.82, 2.24) is 13.9 Å². The standard InChI is InChI=1S/C20H18N4O2S/c1-14-17(20(26)24(22(14)2)15-8-4-3-5-9-15)21-19(25)18-16(10-13-27-18)23-11-6-7-12-23/h3-13H,1-2H3,(H,21,25). The zero-order valence-electron chi connectivity index (χ0n) is 14.9. The van der Waals surface area contributed by atoms with Gasteiger partial charge in [-0.15, -0.1) is 11.3 Å². The Morgan fingerprint density at radius 2 is 1.74 bits per heavy atom. The summed E-state index contributed by atoms with van der Waals surface area (Å²) in [6.45, 7) is 1.82. The monoisotopic (exact) mass is 378 g/mol. The number of thiophene rings is 1. The number of carbonyl (C=O) groups is 1. The van der Waals surface area contributed by atoms with Crippen LogP contribution in [0.25, 0.3) is 11.4 Å². The minimum absolute atomic E-state index is 0.256. The van der Waals surface area contributed by atoms with Gasteiger partial charge in [-0.3, -0.25) is 14.3 Å². The first-order valence-corrected chi connectivity index (χ1v) is 9.32. The summed E-state index contributed by atoms with van der Waals surface area (Å²) in [4.78, 5) is 26.4. The maximum absolute atomic E-state index is 13.0. The van der Waals surface area contributed by atoms with Crippen LogP contribution in [0.4, 0.5) is 5.69 Å². The fraction of sp³-hybridized carbons (Fsp3) is 0.100. The third kappa shape index (κ3) is 2.92. The van der Waals surface area contributed by atoms with E-state index < -0.39 is 0 Å². The Morgan fingerprint density at radius 1 is 1.04 bits per heavy atom. The molecule has 1 N–H and O–H groups in total. The molecule has 3 aromatic heterocycles. The number of benzene rings is 1. The first-order valence-electron chi connectivity index (χ1n) is 8.44. The molecular formula is C20H18N4O2S. The molecule has 0 unspecified atom stereocenters. The average Bonchev–Trinajstić information content (AvgIpc) is 3.40. The Hall–Kier alpha value is -3.32. The molecule has 1 amide bonds. The Labute approximate surface area is 159 Å². The summed E-state index contributed by atoms with van der Waals surface area (Å²) in [7, 11) is 1.80. The highest BCUT2D eigenvalue weighted by Gasteiger charge is 2.21. The third-order valence-electron chi connectivity index (χ3n) is 4.53. The Morgan fingerprint density at radius 3 is 2.44 bits per heavy atom. The average molecular weight is 378 g/mol. The fourth-order valence-corrected chi connectivity index (χ4v) is 3.84. The molecule has 0 saturated heterocycles. The predicted octanol–water partition coefficient (Wildman–Crippen LogP) is 3.59. The summed E-state index contributed by atoms with van der Waals surface area (Å²) in [5, 5.41) is 4.68. The quantitative estimate of drug-likeness (QED) is 0.590. The lowest BCUT2D eigenvalue weighted by Gasteiger charge is -2.07. The van der Waals surface area contributed by atoms with Gasteiger partial charge in [-0.25, -0.2) is 4.68 Å². The minimum atomic E-state index is -0.292. The molecular weight excluding hydrogens is 360 g/mol. The van der Waals surface area contributed by atoms with E-state index in [0.717, 1.165) is 11.4 Å². The molecule has 7 heteroatoms. The van der Waals surface area contributed by atoms with Crippen LogP contribution in [-0.2, 0) is 7.05 Å². The number of rotatable bonds is 4. The van der Waals surface area contributed by atoms with Gasteiger partial charge in [0.15, 0.2) is 0 Å². The first kappa shape index (κ1) is 17.1. The van der Waals surface area contributed by atoms with E-state index in [1.54, 1.807) is 16.4 Å². The van der Waals surface area contributed by atoms with Crippen LogP contribution in [0.15, 0.2) is 71.1 Å². The van der Waals surface area contributed by atoms with Gasteiger partial charge in [0.1, 0.15) is 10.6 Å². The fourth-order valence-electron chi connectivity index (χ4n) is 3.05. The summed E-state index contributed by atoms with van der Waals surface area (Å²) in [6, 6.07) is 15.0. The summed E-state index contributed by atoms with van der Waals surface area (Å²) < 4.78 is 5.17. The highest BCUT2D eigenvalue weighted by molar-refractivity contribution is 7.12. The maximum Gasteiger partial charge on any atom is 0.295 e. The molecule has 4 rings (SSSR count). The van der Waals surface area contributed by atoms with Crippen LogP contribution in [0.3, 0.4) is 0 Å². The van der Waals surface area contributed by atoms with Crippen molar-refractivity contribution in [3.8, 4) is 11.4 Å². The molecule has 4 aromatic rings. The normalized spacial score (nSPS) is 10.9. The van der Waals surface area contributed by atoms with Gasteiger partial charge in [-0.05, 0) is 42.6 Å². The molecule has 0 saturated carbocycles. The highest BCUT2D eigenvalue weighted by atomic mass is 32.1. The molecule has 0 aliphatic heterocycles. The number of hydrogen-bond acceptors (Lipinski definition) is 3. The second kappa shape index (κ2) is 6.77. The molecule has 3 heterocycles. The van der Waals surface area contributed by atoms with E-state index in [1.165, 1.54) is 11.3 Å². The second-order valence-electron chi connectivity index (χ2n) is 6.12. The Kier molecular flexibility index (Phi) is 4.29. The number of hydrogen-bond donors (Lipinski definition) is 1. The van der Waals surface area contributed by atoms with Gasteiger partial charge in [0.2, 0.25) is 0 Å². The molecule has 27 heavy (non-hydrogen) atoms. The number of anilines is 1. The number of nitrogens with zero attached hydrogens (tertiary/aromatic N) is 3. The van der Waals surface area contributed by atoms with Gasteiger partial charge >= 0.3 is 0 Å². The molecule has 0 radical (unpaired) electrons. The molecule has 0 spiro atoms. The smallest absolute Gasteiger partial charge is 0.295 e. The molecule has 0 fully saturated rings. The molecule has 0 aliphatic carbocycles. The van der Waals surface area contributed by atoms with E-state index in [2.05, 4.69) is 5.32 Å². The van der Waals surface area contributed by atoms with E-state index in [9.17, 15) is 9.59 Å². The van der Waals surface area contributed by atoms with Crippen LogP contribution in [0.5, 0.6) is 0 Å². The van der Waals surface area contributed by atoms with Crippen LogP contribution < -0.4 is 10.9 Å². The first-order chi connectivity index (χ1) is 13.1. The number of carbonyl (C=O) groups excluding carboxylic acids is 1. The predicted molar refractivity (Wildman–Crippen MR) is 107 cm³/mol.